The predicted octanol–water partition coefficient (Wildman–Crippen LogP) is 1.23. The summed E-state index contributed by atoms with van der Waals surface area (Å²) in [6.07, 6.45) is 4.38. The van der Waals surface area contributed by atoms with Crippen molar-refractivity contribution in [3.8, 4) is 6.07 Å². The molecule has 0 radical (unpaired) electrons. The summed E-state index contributed by atoms with van der Waals surface area (Å²) in [6.45, 7) is 5.28. The summed E-state index contributed by atoms with van der Waals surface area (Å²) >= 11 is 1.66. The molecule has 1 rings (SSSR count). The molecule has 96 valence electrons. The van der Waals surface area contributed by atoms with E-state index in [1.165, 1.54) is 0 Å². The molecule has 17 heavy (non-hydrogen) atoms. The molecule has 0 unspecified atom stereocenters. The van der Waals surface area contributed by atoms with Gasteiger partial charge in [-0.3, -0.25) is 4.79 Å². The van der Waals surface area contributed by atoms with Crippen LogP contribution in [0.15, 0.2) is 0 Å². The first-order chi connectivity index (χ1) is 8.15. The van der Waals surface area contributed by atoms with E-state index in [-0.39, 0.29) is 10.7 Å². The number of nitrogens with one attached hydrogen (secondary N) is 1. The van der Waals surface area contributed by atoms with Crippen molar-refractivity contribution < 1.29 is 4.79 Å². The Balaban J connectivity index is 2.28. The fraction of sp³-hybridized carbons (Fsp3) is 0.833. The number of carbonyl (C=O) groups is 1. The fourth-order valence-electron chi connectivity index (χ4n) is 2.04. The number of likely N-dealkylation sites (tertiary alicyclic amines) is 1. The van der Waals surface area contributed by atoms with Crippen molar-refractivity contribution in [2.75, 3.05) is 32.4 Å². The first-order valence-electron chi connectivity index (χ1n) is 6.11. The molecule has 0 aliphatic carbocycles. The molecule has 0 bridgehead atoms. The topological polar surface area (TPSA) is 56.1 Å². The minimum absolute atomic E-state index is 0.120. The minimum Gasteiger partial charge on any atom is -0.356 e. The molecule has 1 amide bonds. The third-order valence-corrected chi connectivity index (χ3v) is 4.57. The lowest BCUT2D eigenvalue weighted by molar-refractivity contribution is -0.121. The molecule has 0 spiro atoms. The number of nitriles is 1. The van der Waals surface area contributed by atoms with Crippen LogP contribution in [0.1, 0.15) is 26.2 Å². The van der Waals surface area contributed by atoms with Gasteiger partial charge in [-0.2, -0.15) is 5.26 Å². The van der Waals surface area contributed by atoms with Gasteiger partial charge < -0.3 is 10.2 Å². The van der Waals surface area contributed by atoms with Crippen LogP contribution in [0.25, 0.3) is 0 Å². The van der Waals surface area contributed by atoms with Crippen molar-refractivity contribution >= 4 is 17.7 Å². The van der Waals surface area contributed by atoms with Crippen LogP contribution in [0.3, 0.4) is 0 Å². The van der Waals surface area contributed by atoms with Gasteiger partial charge in [0.15, 0.2) is 0 Å². The summed E-state index contributed by atoms with van der Waals surface area (Å²) in [6, 6.07) is 2.43. The van der Waals surface area contributed by atoms with Crippen molar-refractivity contribution in [1.29, 1.82) is 5.26 Å². The van der Waals surface area contributed by atoms with Gasteiger partial charge in [-0.25, -0.2) is 0 Å². The Kier molecular flexibility index (Phi) is 5.79. The van der Waals surface area contributed by atoms with E-state index in [9.17, 15) is 4.79 Å². The van der Waals surface area contributed by atoms with Crippen LogP contribution in [-0.4, -0.2) is 48.0 Å². The van der Waals surface area contributed by atoms with Gasteiger partial charge in [-0.15, -0.1) is 11.8 Å². The largest absolute Gasteiger partial charge is 0.356 e. The van der Waals surface area contributed by atoms with Gasteiger partial charge >= 0.3 is 0 Å². The van der Waals surface area contributed by atoms with Gasteiger partial charge in [0.1, 0.15) is 4.75 Å². The molecule has 0 aromatic carbocycles. The summed E-state index contributed by atoms with van der Waals surface area (Å²) in [5.74, 6) is 0.120. The first kappa shape index (κ1) is 14.3. The lowest BCUT2D eigenvalue weighted by Gasteiger charge is -2.36. The highest BCUT2D eigenvalue weighted by Gasteiger charge is 2.33. The second-order valence-corrected chi connectivity index (χ2v) is 5.55. The molecule has 5 heteroatoms. The van der Waals surface area contributed by atoms with Crippen molar-refractivity contribution in [3.63, 3.8) is 0 Å². The molecular weight excluding hydrogens is 234 g/mol. The molecule has 1 N–H and O–H groups in total. The number of hydrogen-bond donors (Lipinski definition) is 1. The van der Waals surface area contributed by atoms with Crippen molar-refractivity contribution in [2.24, 2.45) is 0 Å². The van der Waals surface area contributed by atoms with Gasteiger partial charge in [0.2, 0.25) is 5.91 Å². The molecule has 1 aliphatic heterocycles. The summed E-state index contributed by atoms with van der Waals surface area (Å²) in [7, 11) is 0. The zero-order valence-corrected chi connectivity index (χ0v) is 11.5. The normalized spacial score (nSPS) is 19.6. The molecule has 4 nitrogen and oxygen atoms in total. The third kappa shape index (κ3) is 4.21. The number of nitrogens with zero attached hydrogens (tertiary/aromatic N) is 2. The second kappa shape index (κ2) is 6.87. The SMILES string of the molecule is CCNC(=O)CCN1CCC(C#N)(SC)CC1. The summed E-state index contributed by atoms with van der Waals surface area (Å²) < 4.78 is -0.192. The molecule has 1 fully saturated rings. The van der Waals surface area contributed by atoms with Crippen molar-refractivity contribution in [3.05, 3.63) is 0 Å². The molecule has 1 heterocycles. The molecule has 0 atom stereocenters. The van der Waals surface area contributed by atoms with Crippen LogP contribution in [0.4, 0.5) is 0 Å². The quantitative estimate of drug-likeness (QED) is 0.803. The Labute approximate surface area is 108 Å². The second-order valence-electron chi connectivity index (χ2n) is 4.36. The first-order valence-corrected chi connectivity index (χ1v) is 7.33. The molecule has 1 saturated heterocycles. The van der Waals surface area contributed by atoms with Crippen molar-refractivity contribution in [2.45, 2.75) is 30.9 Å². The van der Waals surface area contributed by atoms with E-state index in [1.807, 2.05) is 13.2 Å². The number of piperidine rings is 1. The van der Waals surface area contributed by atoms with Gasteiger partial charge in [-0.1, -0.05) is 0 Å². The van der Waals surface area contributed by atoms with Crippen LogP contribution >= 0.6 is 11.8 Å². The maximum atomic E-state index is 11.3. The number of carbonyl (C=O) groups excluding carboxylic acids is 1. The van der Waals surface area contributed by atoms with Crippen LogP contribution in [0.5, 0.6) is 0 Å². The molecule has 0 aromatic heterocycles. The van der Waals surface area contributed by atoms with Gasteiger partial charge in [-0.05, 0) is 26.0 Å². The van der Waals surface area contributed by atoms with E-state index in [0.717, 1.165) is 32.5 Å². The van der Waals surface area contributed by atoms with Gasteiger partial charge in [0.05, 0.1) is 6.07 Å². The monoisotopic (exact) mass is 255 g/mol. The van der Waals surface area contributed by atoms with E-state index >= 15 is 0 Å². The highest BCUT2D eigenvalue weighted by atomic mass is 32.2. The average Bonchev–Trinajstić information content (AvgIpc) is 2.37. The summed E-state index contributed by atoms with van der Waals surface area (Å²) in [5.41, 5.74) is 0. The van der Waals surface area contributed by atoms with E-state index in [0.29, 0.717) is 13.0 Å². The van der Waals surface area contributed by atoms with Gasteiger partial charge in [0.25, 0.3) is 0 Å². The van der Waals surface area contributed by atoms with Crippen LogP contribution < -0.4 is 5.32 Å². The van der Waals surface area contributed by atoms with Crippen LogP contribution in [0.2, 0.25) is 0 Å². The number of hydrogen-bond acceptors (Lipinski definition) is 4. The summed E-state index contributed by atoms with van der Waals surface area (Å²) in [5, 5.41) is 12.0. The van der Waals surface area contributed by atoms with Crippen LogP contribution in [-0.2, 0) is 4.79 Å². The number of amides is 1. The number of rotatable bonds is 5. The van der Waals surface area contributed by atoms with E-state index in [2.05, 4.69) is 16.3 Å². The maximum Gasteiger partial charge on any atom is 0.221 e. The van der Waals surface area contributed by atoms with Gasteiger partial charge in [0, 0.05) is 32.6 Å². The van der Waals surface area contributed by atoms with E-state index < -0.39 is 0 Å². The molecule has 0 saturated carbocycles. The number of thioether (sulfide) groups is 1. The zero-order chi connectivity index (χ0) is 12.7. The standard InChI is InChI=1S/C12H21N3OS/c1-3-14-11(16)4-7-15-8-5-12(10-13,17-2)6-9-15/h3-9H2,1-2H3,(H,14,16). The lowest BCUT2D eigenvalue weighted by atomic mass is 9.97. The Bertz CT molecular complexity index is 293. The highest BCUT2D eigenvalue weighted by Crippen LogP contribution is 2.33. The summed E-state index contributed by atoms with van der Waals surface area (Å²) in [4.78, 5) is 13.6. The van der Waals surface area contributed by atoms with E-state index in [1.54, 1.807) is 11.8 Å². The molecule has 0 aromatic rings. The zero-order valence-electron chi connectivity index (χ0n) is 10.7. The Morgan fingerprint density at radius 3 is 2.65 bits per heavy atom. The smallest absolute Gasteiger partial charge is 0.221 e. The minimum atomic E-state index is -0.192. The van der Waals surface area contributed by atoms with E-state index in [4.69, 9.17) is 5.26 Å². The predicted molar refractivity (Wildman–Crippen MR) is 70.8 cm³/mol. The molecule has 1 aliphatic rings. The lowest BCUT2D eigenvalue weighted by Crippen LogP contribution is -2.42. The van der Waals surface area contributed by atoms with Crippen LogP contribution in [0, 0.1) is 11.3 Å². The Morgan fingerprint density at radius 2 is 2.18 bits per heavy atom. The third-order valence-electron chi connectivity index (χ3n) is 3.29. The maximum absolute atomic E-state index is 11.3. The van der Waals surface area contributed by atoms with Crippen molar-refractivity contribution in [1.82, 2.24) is 10.2 Å². The Morgan fingerprint density at radius 1 is 1.53 bits per heavy atom. The molecular formula is C12H21N3OS. The average molecular weight is 255 g/mol. The fourth-order valence-corrected chi connectivity index (χ4v) is 2.73. The highest BCUT2D eigenvalue weighted by molar-refractivity contribution is 8.00. The Hall–Kier alpha value is -0.730.